The van der Waals surface area contributed by atoms with E-state index in [1.54, 1.807) is 0 Å². The van der Waals surface area contributed by atoms with E-state index in [1.807, 2.05) is 30.9 Å². The summed E-state index contributed by atoms with van der Waals surface area (Å²) in [5.74, 6) is 0.406. The van der Waals surface area contributed by atoms with Gasteiger partial charge in [-0.1, -0.05) is 30.0 Å². The van der Waals surface area contributed by atoms with Gasteiger partial charge in [-0.25, -0.2) is 0 Å². The van der Waals surface area contributed by atoms with Crippen LogP contribution in [0.2, 0.25) is 0 Å². The van der Waals surface area contributed by atoms with Crippen molar-refractivity contribution in [2.24, 2.45) is 17.6 Å². The molecule has 3 unspecified atom stereocenters. The molecule has 1 aromatic carbocycles. The largest absolute Gasteiger partial charge is 0.353 e. The Kier molecular flexibility index (Phi) is 6.53. The molecule has 1 saturated carbocycles. The molecule has 2 fully saturated rings. The molecule has 0 bridgehead atoms. The molecule has 1 saturated heterocycles. The van der Waals surface area contributed by atoms with Crippen molar-refractivity contribution in [2.45, 2.75) is 58.4 Å². The molecule has 0 radical (unpaired) electrons. The summed E-state index contributed by atoms with van der Waals surface area (Å²) in [4.78, 5) is 27.6. The van der Waals surface area contributed by atoms with Crippen LogP contribution in [0.5, 0.6) is 0 Å². The van der Waals surface area contributed by atoms with Crippen molar-refractivity contribution in [3.05, 3.63) is 34.9 Å². The van der Waals surface area contributed by atoms with Crippen LogP contribution >= 0.6 is 0 Å². The van der Waals surface area contributed by atoms with Gasteiger partial charge in [-0.05, 0) is 64.1 Å². The molecule has 1 heterocycles. The Balaban J connectivity index is 1.63. The summed E-state index contributed by atoms with van der Waals surface area (Å²) >= 11 is 0. The van der Waals surface area contributed by atoms with Gasteiger partial charge in [0, 0.05) is 24.7 Å². The molecular formula is C22H33N3O2. The zero-order valence-corrected chi connectivity index (χ0v) is 16.7. The smallest absolute Gasteiger partial charge is 0.253 e. The summed E-state index contributed by atoms with van der Waals surface area (Å²) in [6.45, 7) is 5.89. The predicted octanol–water partition coefficient (Wildman–Crippen LogP) is 2.79. The number of aryl methyl sites for hydroxylation is 2. The normalized spacial score (nSPS) is 25.9. The van der Waals surface area contributed by atoms with Crippen LogP contribution in [0, 0.1) is 25.7 Å². The average Bonchev–Trinajstić information content (AvgIpc) is 2.67. The van der Waals surface area contributed by atoms with Gasteiger partial charge in [0.1, 0.15) is 0 Å². The predicted molar refractivity (Wildman–Crippen MR) is 107 cm³/mol. The van der Waals surface area contributed by atoms with Crippen LogP contribution in [0.4, 0.5) is 0 Å². The molecule has 1 aliphatic carbocycles. The number of nitrogens with one attached hydrogen (secondary N) is 1. The second-order valence-corrected chi connectivity index (χ2v) is 8.36. The van der Waals surface area contributed by atoms with E-state index in [4.69, 9.17) is 5.73 Å². The lowest BCUT2D eigenvalue weighted by Gasteiger charge is -2.35. The minimum absolute atomic E-state index is 0.0387. The molecule has 2 amide bonds. The topological polar surface area (TPSA) is 75.4 Å². The van der Waals surface area contributed by atoms with E-state index < -0.39 is 0 Å². The van der Waals surface area contributed by atoms with Crippen molar-refractivity contribution in [3.63, 3.8) is 0 Å². The van der Waals surface area contributed by atoms with E-state index in [0.29, 0.717) is 19.0 Å². The first-order valence-electron chi connectivity index (χ1n) is 10.4. The lowest BCUT2D eigenvalue weighted by atomic mass is 9.84. The van der Waals surface area contributed by atoms with Crippen LogP contribution < -0.4 is 11.1 Å². The number of nitrogens with zero attached hydrogens (tertiary/aromatic N) is 1. The van der Waals surface area contributed by atoms with Gasteiger partial charge >= 0.3 is 0 Å². The lowest BCUT2D eigenvalue weighted by Crippen LogP contribution is -2.50. The minimum Gasteiger partial charge on any atom is -0.353 e. The molecule has 2 aliphatic rings. The first-order valence-corrected chi connectivity index (χ1v) is 10.4. The molecule has 5 nitrogen and oxygen atoms in total. The number of carbonyl (C=O) groups is 2. The van der Waals surface area contributed by atoms with Crippen LogP contribution in [0.3, 0.4) is 0 Å². The van der Waals surface area contributed by atoms with Gasteiger partial charge in [-0.15, -0.1) is 0 Å². The Bertz CT molecular complexity index is 668. The number of piperidine rings is 1. The van der Waals surface area contributed by atoms with Crippen molar-refractivity contribution in [1.29, 1.82) is 0 Å². The van der Waals surface area contributed by atoms with Crippen molar-refractivity contribution >= 4 is 11.8 Å². The third-order valence-electron chi connectivity index (χ3n) is 6.09. The molecule has 1 aliphatic heterocycles. The molecule has 3 N–H and O–H groups in total. The fourth-order valence-corrected chi connectivity index (χ4v) is 4.64. The number of benzene rings is 1. The summed E-state index contributed by atoms with van der Waals surface area (Å²) in [5.41, 5.74) is 8.80. The molecule has 5 heteroatoms. The zero-order valence-electron chi connectivity index (χ0n) is 16.7. The highest BCUT2D eigenvalue weighted by Gasteiger charge is 2.32. The minimum atomic E-state index is -0.117. The number of hydrogen-bond donors (Lipinski definition) is 2. The Morgan fingerprint density at radius 1 is 1.07 bits per heavy atom. The molecule has 27 heavy (non-hydrogen) atoms. The van der Waals surface area contributed by atoms with Crippen LogP contribution in [0.1, 0.15) is 60.0 Å². The summed E-state index contributed by atoms with van der Waals surface area (Å²) < 4.78 is 0. The lowest BCUT2D eigenvalue weighted by molar-refractivity contribution is -0.127. The maximum atomic E-state index is 12.9. The second-order valence-electron chi connectivity index (χ2n) is 8.36. The van der Waals surface area contributed by atoms with Crippen LogP contribution in [-0.2, 0) is 4.79 Å². The summed E-state index contributed by atoms with van der Waals surface area (Å²) in [5, 5.41) is 3.25. The molecule has 3 atom stereocenters. The van der Waals surface area contributed by atoms with Crippen molar-refractivity contribution in [2.75, 3.05) is 19.6 Å². The van der Waals surface area contributed by atoms with Gasteiger partial charge in [0.2, 0.25) is 5.91 Å². The van der Waals surface area contributed by atoms with Gasteiger partial charge in [0.25, 0.3) is 5.91 Å². The quantitative estimate of drug-likeness (QED) is 0.854. The standard InChI is InChI=1S/C22H33N3O2/c1-15-10-16(2)12-19(11-15)22(27)25-9-5-7-18(14-25)21(26)24-20-8-4-3-6-17(20)13-23/h10-12,17-18,20H,3-9,13-14,23H2,1-2H3,(H,24,26). The van der Waals surface area contributed by atoms with E-state index in [0.717, 1.165) is 55.3 Å². The van der Waals surface area contributed by atoms with E-state index in [1.165, 1.54) is 6.42 Å². The number of amides is 2. The Labute approximate surface area is 162 Å². The number of rotatable bonds is 4. The molecule has 1 aromatic rings. The van der Waals surface area contributed by atoms with E-state index in [-0.39, 0.29) is 23.8 Å². The third-order valence-corrected chi connectivity index (χ3v) is 6.09. The maximum Gasteiger partial charge on any atom is 0.253 e. The molecule has 148 valence electrons. The molecule has 0 spiro atoms. The van der Waals surface area contributed by atoms with E-state index in [2.05, 4.69) is 11.4 Å². The number of carbonyl (C=O) groups excluding carboxylic acids is 2. The van der Waals surface area contributed by atoms with Gasteiger partial charge in [0.15, 0.2) is 0 Å². The number of nitrogens with two attached hydrogens (primary N) is 1. The average molecular weight is 372 g/mol. The monoisotopic (exact) mass is 371 g/mol. The summed E-state index contributed by atoms with van der Waals surface area (Å²) in [7, 11) is 0. The van der Waals surface area contributed by atoms with Crippen molar-refractivity contribution < 1.29 is 9.59 Å². The van der Waals surface area contributed by atoms with Crippen LogP contribution in [0.15, 0.2) is 18.2 Å². The third kappa shape index (κ3) is 4.89. The van der Waals surface area contributed by atoms with Crippen molar-refractivity contribution in [1.82, 2.24) is 10.2 Å². The van der Waals surface area contributed by atoms with Crippen LogP contribution in [0.25, 0.3) is 0 Å². The first-order chi connectivity index (χ1) is 13.0. The highest BCUT2D eigenvalue weighted by molar-refractivity contribution is 5.95. The van der Waals surface area contributed by atoms with Gasteiger partial charge in [-0.3, -0.25) is 9.59 Å². The summed E-state index contributed by atoms with van der Waals surface area (Å²) in [6.07, 6.45) is 6.20. The Hall–Kier alpha value is -1.88. The molecular weight excluding hydrogens is 338 g/mol. The van der Waals surface area contributed by atoms with Gasteiger partial charge < -0.3 is 16.0 Å². The number of likely N-dealkylation sites (tertiary alicyclic amines) is 1. The second kappa shape index (κ2) is 8.87. The maximum absolute atomic E-state index is 12.9. The number of hydrogen-bond acceptors (Lipinski definition) is 3. The fourth-order valence-electron chi connectivity index (χ4n) is 4.64. The summed E-state index contributed by atoms with van der Waals surface area (Å²) in [6, 6.07) is 6.14. The highest BCUT2D eigenvalue weighted by Crippen LogP contribution is 2.25. The Morgan fingerprint density at radius 2 is 1.78 bits per heavy atom. The highest BCUT2D eigenvalue weighted by atomic mass is 16.2. The van der Waals surface area contributed by atoms with Crippen LogP contribution in [-0.4, -0.2) is 42.4 Å². The molecule has 3 rings (SSSR count). The van der Waals surface area contributed by atoms with Gasteiger partial charge in [-0.2, -0.15) is 0 Å². The molecule has 0 aromatic heterocycles. The zero-order chi connectivity index (χ0) is 19.4. The van der Waals surface area contributed by atoms with Gasteiger partial charge in [0.05, 0.1) is 5.92 Å². The Morgan fingerprint density at radius 3 is 2.48 bits per heavy atom. The van der Waals surface area contributed by atoms with Crippen molar-refractivity contribution in [3.8, 4) is 0 Å². The fraction of sp³-hybridized carbons (Fsp3) is 0.636. The van der Waals surface area contributed by atoms with E-state index in [9.17, 15) is 9.59 Å². The first kappa shape index (κ1) is 19.9. The SMILES string of the molecule is Cc1cc(C)cc(C(=O)N2CCCC(C(=O)NC3CCCCC3CN)C2)c1. The van der Waals surface area contributed by atoms with E-state index >= 15 is 0 Å².